The fourth-order valence-corrected chi connectivity index (χ4v) is 2.29. The van der Waals surface area contributed by atoms with Crippen molar-refractivity contribution in [1.82, 2.24) is 0 Å². The normalized spacial score (nSPS) is 16.8. The molecule has 0 bridgehead atoms. The van der Waals surface area contributed by atoms with Crippen molar-refractivity contribution in [2.24, 2.45) is 11.8 Å². The van der Waals surface area contributed by atoms with Crippen LogP contribution in [0.5, 0.6) is 0 Å². The van der Waals surface area contributed by atoms with Crippen LogP contribution in [0.2, 0.25) is 0 Å². The molecule has 24 heavy (non-hydrogen) atoms. The highest BCUT2D eigenvalue weighted by atomic mass is 16.5. The third kappa shape index (κ3) is 11.9. The highest BCUT2D eigenvalue weighted by molar-refractivity contribution is 5.75. The third-order valence-corrected chi connectivity index (χ3v) is 4.01. The van der Waals surface area contributed by atoms with Gasteiger partial charge in [0, 0.05) is 0 Å². The number of hydrogen-bond donors (Lipinski definition) is 0. The van der Waals surface area contributed by atoms with Crippen molar-refractivity contribution in [2.75, 3.05) is 0 Å². The fraction of sp³-hybridized carbons (Fsp3) is 0.591. The summed E-state index contributed by atoms with van der Waals surface area (Å²) in [5.74, 6) is 0.597. The molecule has 0 N–H and O–H groups in total. The van der Waals surface area contributed by atoms with Crippen LogP contribution in [0.25, 0.3) is 0 Å². The van der Waals surface area contributed by atoms with E-state index in [1.165, 1.54) is 38.4 Å². The van der Waals surface area contributed by atoms with Gasteiger partial charge in [-0.25, -0.2) is 0 Å². The second-order valence-electron chi connectivity index (χ2n) is 6.59. The molecule has 1 unspecified atom stereocenters. The van der Waals surface area contributed by atoms with E-state index in [1.54, 1.807) is 0 Å². The molecule has 0 spiro atoms. The van der Waals surface area contributed by atoms with Gasteiger partial charge in [0.1, 0.15) is 0 Å². The van der Waals surface area contributed by atoms with Crippen LogP contribution in [0, 0.1) is 11.8 Å². The summed E-state index contributed by atoms with van der Waals surface area (Å²) in [6, 6.07) is 0. The molecule has 1 saturated carbocycles. The van der Waals surface area contributed by atoms with Gasteiger partial charge < -0.3 is 4.74 Å². The Morgan fingerprint density at radius 2 is 1.71 bits per heavy atom. The van der Waals surface area contributed by atoms with E-state index in [0.717, 1.165) is 25.7 Å². The van der Waals surface area contributed by atoms with E-state index in [1.807, 2.05) is 6.08 Å². The van der Waals surface area contributed by atoms with Gasteiger partial charge in [-0.3, -0.25) is 4.79 Å². The number of hydrogen-bond acceptors (Lipinski definition) is 2. The Kier molecular flexibility index (Phi) is 11.8. The van der Waals surface area contributed by atoms with Gasteiger partial charge in [-0.15, -0.1) is 0 Å². The average molecular weight is 331 g/mol. The number of unbranched alkanes of at least 4 members (excludes halogenated alkanes) is 4. The van der Waals surface area contributed by atoms with E-state index in [0.29, 0.717) is 5.92 Å². The summed E-state index contributed by atoms with van der Waals surface area (Å²) in [5.41, 5.74) is 0. The minimum absolute atomic E-state index is 0.0782. The molecule has 1 atom stereocenters. The molecule has 0 aromatic carbocycles. The van der Waals surface area contributed by atoms with Crippen molar-refractivity contribution in [1.29, 1.82) is 0 Å². The molecule has 2 heteroatoms. The van der Waals surface area contributed by atoms with E-state index < -0.39 is 0 Å². The minimum Gasteiger partial charge on any atom is -0.435 e. The fourth-order valence-electron chi connectivity index (χ4n) is 2.29. The van der Waals surface area contributed by atoms with Crippen molar-refractivity contribution in [3.05, 3.63) is 48.8 Å². The number of rotatable bonds is 13. The lowest BCUT2D eigenvalue weighted by atomic mass is 10.1. The zero-order valence-corrected chi connectivity index (χ0v) is 15.5. The second kappa shape index (κ2) is 13.8. The van der Waals surface area contributed by atoms with Crippen LogP contribution in [0.1, 0.15) is 71.6 Å². The maximum atomic E-state index is 11.3. The quantitative estimate of drug-likeness (QED) is 0.166. The van der Waals surface area contributed by atoms with Crippen LogP contribution < -0.4 is 0 Å². The van der Waals surface area contributed by atoms with Gasteiger partial charge in [0.25, 0.3) is 0 Å². The predicted molar refractivity (Wildman–Crippen MR) is 103 cm³/mol. The number of carbonyl (C=O) groups is 1. The van der Waals surface area contributed by atoms with Gasteiger partial charge in [-0.05, 0) is 50.5 Å². The number of carbonyl (C=O) groups excluding carboxylic acids is 1. The Labute approximate surface area is 148 Å². The zero-order chi connectivity index (χ0) is 17.5. The molecule has 2 nitrogen and oxygen atoms in total. The van der Waals surface area contributed by atoms with Gasteiger partial charge in [-0.2, -0.15) is 0 Å². The molecule has 1 aliphatic rings. The van der Waals surface area contributed by atoms with Crippen LogP contribution in [-0.4, -0.2) is 5.97 Å². The Hall–Kier alpha value is -1.57. The van der Waals surface area contributed by atoms with Crippen LogP contribution in [0.15, 0.2) is 48.8 Å². The first-order valence-electron chi connectivity index (χ1n) is 9.57. The summed E-state index contributed by atoms with van der Waals surface area (Å²) in [5, 5.41) is 0. The Balaban J connectivity index is 1.99. The lowest BCUT2D eigenvalue weighted by molar-refractivity contribution is -0.139. The van der Waals surface area contributed by atoms with Gasteiger partial charge >= 0.3 is 5.97 Å². The van der Waals surface area contributed by atoms with Gasteiger partial charge in [0.15, 0.2) is 0 Å². The topological polar surface area (TPSA) is 26.3 Å². The molecule has 0 aliphatic heterocycles. The van der Waals surface area contributed by atoms with Crippen LogP contribution in [-0.2, 0) is 9.53 Å². The lowest BCUT2D eigenvalue weighted by Crippen LogP contribution is -2.00. The SMILES string of the molecule is CCCCCCC=CC(C)C=CCC=CCC=COC(=O)C1CC1. The first-order chi connectivity index (χ1) is 11.7. The maximum absolute atomic E-state index is 11.3. The molecule has 1 aliphatic carbocycles. The van der Waals surface area contributed by atoms with Crippen molar-refractivity contribution in [2.45, 2.75) is 71.6 Å². The average Bonchev–Trinajstić information content (AvgIpc) is 3.41. The predicted octanol–water partition coefficient (Wildman–Crippen LogP) is 6.51. The summed E-state index contributed by atoms with van der Waals surface area (Å²) in [7, 11) is 0. The molecule has 0 aromatic heterocycles. The van der Waals surface area contributed by atoms with Crippen LogP contribution in [0.3, 0.4) is 0 Å². The molecule has 134 valence electrons. The Morgan fingerprint density at radius 1 is 1.00 bits per heavy atom. The first-order valence-corrected chi connectivity index (χ1v) is 9.57. The number of allylic oxidation sites excluding steroid dienone is 7. The molecule has 0 aromatic rings. The van der Waals surface area contributed by atoms with E-state index >= 15 is 0 Å². The smallest absolute Gasteiger partial charge is 0.313 e. The Bertz CT molecular complexity index is 439. The summed E-state index contributed by atoms with van der Waals surface area (Å²) >= 11 is 0. The van der Waals surface area contributed by atoms with Crippen molar-refractivity contribution in [3.8, 4) is 0 Å². The number of ether oxygens (including phenoxy) is 1. The van der Waals surface area contributed by atoms with Crippen molar-refractivity contribution >= 4 is 5.97 Å². The second-order valence-corrected chi connectivity index (χ2v) is 6.59. The number of esters is 1. The Morgan fingerprint density at radius 3 is 2.42 bits per heavy atom. The monoisotopic (exact) mass is 330 g/mol. The van der Waals surface area contributed by atoms with Gasteiger partial charge in [0.05, 0.1) is 12.2 Å². The summed E-state index contributed by atoms with van der Waals surface area (Å²) in [4.78, 5) is 11.3. The highest BCUT2D eigenvalue weighted by Gasteiger charge is 2.30. The molecule has 1 fully saturated rings. The van der Waals surface area contributed by atoms with Gasteiger partial charge in [-0.1, -0.05) is 69.6 Å². The molecular weight excluding hydrogens is 296 g/mol. The lowest BCUT2D eigenvalue weighted by Gasteiger charge is -1.98. The summed E-state index contributed by atoms with van der Waals surface area (Å²) in [6.45, 7) is 4.47. The molecule has 0 radical (unpaired) electrons. The minimum atomic E-state index is -0.0782. The molecular formula is C22H34O2. The summed E-state index contributed by atoms with van der Waals surface area (Å²) in [6.07, 6.45) is 27.0. The molecule has 0 saturated heterocycles. The molecule has 0 heterocycles. The standard InChI is InChI=1S/C22H34O2/c1-3-4-5-6-9-12-15-20(2)16-13-10-7-8-11-14-19-24-22(23)21-17-18-21/h7-8,12-16,19-21H,3-6,9-11,17-18H2,1-2H3. The maximum Gasteiger partial charge on any atom is 0.313 e. The van der Waals surface area contributed by atoms with Crippen molar-refractivity contribution < 1.29 is 9.53 Å². The van der Waals surface area contributed by atoms with Crippen LogP contribution >= 0.6 is 0 Å². The van der Waals surface area contributed by atoms with Crippen LogP contribution in [0.4, 0.5) is 0 Å². The largest absolute Gasteiger partial charge is 0.435 e. The third-order valence-electron chi connectivity index (χ3n) is 4.01. The highest BCUT2D eigenvalue weighted by Crippen LogP contribution is 2.30. The first kappa shape index (κ1) is 20.5. The van der Waals surface area contributed by atoms with E-state index in [9.17, 15) is 4.79 Å². The molecule has 1 rings (SSSR count). The van der Waals surface area contributed by atoms with Gasteiger partial charge in [0.2, 0.25) is 0 Å². The summed E-state index contributed by atoms with van der Waals surface area (Å²) < 4.78 is 5.02. The van der Waals surface area contributed by atoms with Crippen molar-refractivity contribution in [3.63, 3.8) is 0 Å². The van der Waals surface area contributed by atoms with E-state index in [2.05, 4.69) is 50.3 Å². The zero-order valence-electron chi connectivity index (χ0n) is 15.5. The van der Waals surface area contributed by atoms with E-state index in [4.69, 9.17) is 4.74 Å². The van der Waals surface area contributed by atoms with E-state index in [-0.39, 0.29) is 11.9 Å². The molecule has 0 amide bonds.